The Morgan fingerprint density at radius 3 is 1.63 bits per heavy atom. The van der Waals surface area contributed by atoms with Crippen molar-refractivity contribution >= 4 is 85.5 Å². The lowest BCUT2D eigenvalue weighted by Crippen LogP contribution is -2.77. The molecular formula is C79H104N4O10S2Si2. The normalized spacial score (nSPS) is 25.4. The molecule has 6 aromatic rings. The number of nitrogens with zero attached hydrogens (tertiary/aromatic N) is 1. The van der Waals surface area contributed by atoms with Gasteiger partial charge >= 0.3 is 6.09 Å². The number of nitrogens with one attached hydrogen (secondary N) is 2. The quantitative estimate of drug-likeness (QED) is 0.0421. The van der Waals surface area contributed by atoms with Gasteiger partial charge in [0.2, 0.25) is 11.8 Å². The van der Waals surface area contributed by atoms with Crippen LogP contribution in [0.4, 0.5) is 4.79 Å². The maximum absolute atomic E-state index is 13.7. The fraction of sp³-hybridized carbons (Fsp3) is 0.468. The summed E-state index contributed by atoms with van der Waals surface area (Å²) < 4.78 is 26.6. The Hall–Kier alpha value is -6.33. The van der Waals surface area contributed by atoms with Gasteiger partial charge in [-0.1, -0.05) is 209 Å². The summed E-state index contributed by atoms with van der Waals surface area (Å²) in [6, 6.07) is 57.9. The molecule has 8 atom stereocenters. The van der Waals surface area contributed by atoms with Crippen LogP contribution in [0.25, 0.3) is 0 Å². The Kier molecular flexibility index (Phi) is 22.8. The Morgan fingerprint density at radius 1 is 0.680 bits per heavy atom. The maximum Gasteiger partial charge on any atom is 0.411 e. The molecule has 3 amide bonds. The third-order valence-electron chi connectivity index (χ3n) is 21.0. The van der Waals surface area contributed by atoms with Gasteiger partial charge in [-0.05, 0) is 150 Å². The van der Waals surface area contributed by atoms with E-state index in [1.54, 1.807) is 45.7 Å². The lowest BCUT2D eigenvalue weighted by molar-refractivity contribution is -0.193. The highest BCUT2D eigenvalue weighted by Gasteiger charge is 2.67. The van der Waals surface area contributed by atoms with Crippen molar-refractivity contribution in [3.05, 3.63) is 188 Å². The average Bonchev–Trinajstić information content (AvgIpc) is 1.20. The number of primary amides is 1. The van der Waals surface area contributed by atoms with Crippen molar-refractivity contribution in [2.75, 3.05) is 20.2 Å². The van der Waals surface area contributed by atoms with Gasteiger partial charge in [-0.25, -0.2) is 4.79 Å². The van der Waals surface area contributed by atoms with E-state index < -0.39 is 73.9 Å². The molecule has 0 bridgehead atoms. The van der Waals surface area contributed by atoms with E-state index in [0.717, 1.165) is 50.9 Å². The molecule has 11 rings (SSSR count). The van der Waals surface area contributed by atoms with Gasteiger partial charge < -0.3 is 44.9 Å². The van der Waals surface area contributed by atoms with Crippen molar-refractivity contribution < 1.29 is 47.7 Å². The van der Waals surface area contributed by atoms with Crippen molar-refractivity contribution in [3.63, 3.8) is 0 Å². The van der Waals surface area contributed by atoms with Crippen LogP contribution in [0.5, 0.6) is 5.75 Å². The number of aliphatic hydroxyl groups is 2. The minimum absolute atomic E-state index is 0.0749. The van der Waals surface area contributed by atoms with E-state index in [1.807, 2.05) is 92.7 Å². The number of ether oxygens (including phenoxy) is 2. The van der Waals surface area contributed by atoms with Crippen molar-refractivity contribution in [2.24, 2.45) is 28.4 Å². The number of piperidine rings is 1. The molecular weight excluding hydrogens is 1290 g/mol. The number of allylic oxidation sites excluding steroid dienone is 1. The van der Waals surface area contributed by atoms with E-state index in [1.165, 1.54) is 15.3 Å². The van der Waals surface area contributed by atoms with Crippen LogP contribution in [-0.2, 0) is 34.6 Å². The summed E-state index contributed by atoms with van der Waals surface area (Å²) in [4.78, 5) is 57.4. The van der Waals surface area contributed by atoms with Gasteiger partial charge in [-0.3, -0.25) is 19.3 Å². The second kappa shape index (κ2) is 29.5. The number of ketones is 1. The first-order valence-corrected chi connectivity index (χ1v) is 39.4. The van der Waals surface area contributed by atoms with Gasteiger partial charge in [-0.15, -0.1) is 24.4 Å². The number of nitrogens with two attached hydrogens (primary N) is 1. The van der Waals surface area contributed by atoms with Crippen LogP contribution in [0.15, 0.2) is 192 Å². The number of carbonyl (C=O) groups is 4. The van der Waals surface area contributed by atoms with Crippen LogP contribution in [0, 0.1) is 22.7 Å². The summed E-state index contributed by atoms with van der Waals surface area (Å²) >= 11 is 5.82. The van der Waals surface area contributed by atoms with Gasteiger partial charge in [0.15, 0.2) is 5.78 Å². The van der Waals surface area contributed by atoms with Gasteiger partial charge in [0.25, 0.3) is 16.6 Å². The zero-order chi connectivity index (χ0) is 70.6. The molecule has 14 nitrogen and oxygen atoms in total. The van der Waals surface area contributed by atoms with E-state index in [-0.39, 0.29) is 52.1 Å². The standard InChI is InChI=1S/C37H48N2O4SSi.C35H48N2O5Si.C7H8OS/c1-34(2,3)45(28-14-9-7-10-15-28,29-16-11-8-12-17-29)43-32-30(44-27-20-18-26(42-6)19-21-27)24-37(41)31(35(32,4)5)25-36(33(40)39-37)22-13-23-38-36;1-32(2,3)41-31(40)37-23-15-22-35(37,30(36)39)24-27-28(38)20-21-29(34(27,7)8)42-43(33(4,5)6,25-16-11-9-12-17-25)26-18-13-10-14-19-26;8-5-6-1-3-7(9)4-2-6/h7-12,14-21,30-32,38,41H,13,22-25H2,1-6H3,(H,39,40);9-14,16-21,27,29H,15,22-24H2,1-8H3,(H2,36,39);1-4,8-9H,5H2/t30-,31+,32+,36+,37-;27-,29+,35+;/m00./s1. The van der Waals surface area contributed by atoms with Crippen molar-refractivity contribution in [1.82, 2.24) is 15.5 Å². The summed E-state index contributed by atoms with van der Waals surface area (Å²) in [5.41, 5.74) is 1.74. The molecule has 5 aliphatic rings. The molecule has 1 saturated carbocycles. The Bertz CT molecular complexity index is 3610. The van der Waals surface area contributed by atoms with Crippen LogP contribution in [0.3, 0.4) is 0 Å². The average molecular weight is 1390 g/mol. The van der Waals surface area contributed by atoms with Crippen molar-refractivity contribution in [3.8, 4) is 5.75 Å². The molecule has 18 heteroatoms. The molecule has 3 heterocycles. The molecule has 0 radical (unpaired) electrons. The number of thioether (sulfide) groups is 1. The first kappa shape index (κ1) is 74.9. The number of aliphatic hydroxyl groups excluding tert-OH is 1. The molecule has 6 N–H and O–H groups in total. The van der Waals surface area contributed by atoms with Crippen molar-refractivity contribution in [2.45, 2.75) is 201 Å². The second-order valence-electron chi connectivity index (χ2n) is 31.3. The van der Waals surface area contributed by atoms with Crippen molar-refractivity contribution in [1.29, 1.82) is 0 Å². The third-order valence-corrected chi connectivity index (χ3v) is 32.6. The first-order chi connectivity index (χ1) is 45.6. The van der Waals surface area contributed by atoms with Crippen LogP contribution in [-0.4, -0.2) is 115 Å². The fourth-order valence-corrected chi connectivity index (χ4v) is 27.3. The zero-order valence-electron chi connectivity index (χ0n) is 59.3. The topological polar surface area (TPSA) is 199 Å². The highest BCUT2D eigenvalue weighted by atomic mass is 32.2. The Labute approximate surface area is 588 Å². The summed E-state index contributed by atoms with van der Waals surface area (Å²) in [6.07, 6.45) is 6.03. The number of hydrogen-bond acceptors (Lipinski definition) is 13. The lowest BCUT2D eigenvalue weighted by Gasteiger charge is -2.62. The molecule has 0 unspecified atom stereocenters. The Balaban J connectivity index is 0.000000201. The maximum atomic E-state index is 13.7. The minimum atomic E-state index is -2.96. The number of hydrogen-bond donors (Lipinski definition) is 6. The first-order valence-electron chi connectivity index (χ1n) is 34.2. The second-order valence-corrected chi connectivity index (χ2v) is 41.6. The van der Waals surface area contributed by atoms with E-state index in [2.05, 4.69) is 176 Å². The monoisotopic (exact) mass is 1390 g/mol. The van der Waals surface area contributed by atoms with Crippen LogP contribution in [0.1, 0.15) is 141 Å². The third kappa shape index (κ3) is 15.4. The molecule has 3 saturated heterocycles. The van der Waals surface area contributed by atoms with Gasteiger partial charge in [-0.2, -0.15) is 0 Å². The van der Waals surface area contributed by atoms with Gasteiger partial charge in [0.05, 0.1) is 31.5 Å². The Morgan fingerprint density at radius 2 is 1.19 bits per heavy atom. The number of fused-ring (bicyclic) bond motifs is 1. The van der Waals surface area contributed by atoms with Gasteiger partial charge in [0, 0.05) is 45.3 Å². The highest BCUT2D eigenvalue weighted by molar-refractivity contribution is 8.00. The number of carbonyl (C=O) groups excluding carboxylic acids is 4. The zero-order valence-corrected chi connectivity index (χ0v) is 63.0. The van der Waals surface area contributed by atoms with Crippen LogP contribution in [0.2, 0.25) is 10.1 Å². The largest absolute Gasteiger partial charge is 0.497 e. The lowest BCUT2D eigenvalue weighted by atomic mass is 9.57. The summed E-state index contributed by atoms with van der Waals surface area (Å²) in [5, 5.41) is 31.9. The minimum Gasteiger partial charge on any atom is -0.497 e. The smallest absolute Gasteiger partial charge is 0.411 e. The summed E-state index contributed by atoms with van der Waals surface area (Å²) in [5.74, 6) is -0.798. The number of benzene rings is 6. The number of thiol groups is 1. The molecule has 2 aliphatic carbocycles. The molecule has 6 aromatic carbocycles. The summed E-state index contributed by atoms with van der Waals surface area (Å²) in [7, 11) is -4.24. The molecule has 3 aliphatic heterocycles. The summed E-state index contributed by atoms with van der Waals surface area (Å²) in [6.45, 7) is 28.8. The molecule has 97 heavy (non-hydrogen) atoms. The van der Waals surface area contributed by atoms with Crippen LogP contribution < -0.4 is 41.9 Å². The number of amides is 3. The highest BCUT2D eigenvalue weighted by Crippen LogP contribution is 2.58. The van der Waals surface area contributed by atoms with E-state index >= 15 is 0 Å². The van der Waals surface area contributed by atoms with Crippen LogP contribution >= 0.6 is 24.4 Å². The fourth-order valence-electron chi connectivity index (χ4n) is 15.9. The molecule has 1 spiro atoms. The predicted molar refractivity (Wildman–Crippen MR) is 397 cm³/mol. The number of likely N-dealkylation sites (tertiary alicyclic amines) is 1. The number of methoxy groups -OCH3 is 1. The SMILES string of the molecule is CC(C)(C)OC(=O)N1CCC[C@@]1(C[C@H]1C(=O)C=C[C@@H](O[Si](c2ccccc2)(c2ccccc2)C(C)(C)C)C1(C)C)C(N)=O.COc1ccc(S[C@H]2C[C@@]3(O)NC(=O)[C@@]4(CCCN4)C[C@@H]3C(C)(C)[C@@H]2O[Si](c2ccccc2)(c2ccccc2)C(C)(C)C)cc1.OCc1ccc(S)cc1. The molecule has 520 valence electrons. The van der Waals surface area contributed by atoms with E-state index in [9.17, 15) is 24.3 Å². The van der Waals surface area contributed by atoms with E-state index in [4.69, 9.17) is 29.2 Å². The van der Waals surface area contributed by atoms with E-state index in [0.29, 0.717) is 32.2 Å². The number of rotatable bonds is 15. The van der Waals surface area contributed by atoms with Gasteiger partial charge in [0.1, 0.15) is 22.6 Å². The molecule has 0 aromatic heterocycles. The molecule has 4 fully saturated rings. The predicted octanol–water partition coefficient (Wildman–Crippen LogP) is 12.3.